The molecule has 0 radical (unpaired) electrons. The molecule has 0 aromatic carbocycles. The quantitative estimate of drug-likeness (QED) is 0.693. The minimum atomic E-state index is -0.353. The Hall–Kier alpha value is -0.610. The molecule has 4 heteroatoms. The highest BCUT2D eigenvalue weighted by Gasteiger charge is 2.23. The van der Waals surface area contributed by atoms with Gasteiger partial charge in [0.2, 0.25) is 5.91 Å². The molecule has 1 aliphatic rings. The Morgan fingerprint density at radius 3 is 2.50 bits per heavy atom. The number of aliphatic hydroxyl groups is 1. The summed E-state index contributed by atoms with van der Waals surface area (Å²) in [6.07, 6.45) is 2.05. The first kappa shape index (κ1) is 11.5. The summed E-state index contributed by atoms with van der Waals surface area (Å²) in [7, 11) is 2.12. The number of carbonyl (C=O) groups is 1. The van der Waals surface area contributed by atoms with Crippen molar-refractivity contribution in [3.63, 3.8) is 0 Å². The Bertz CT molecular complexity index is 189. The van der Waals surface area contributed by atoms with Gasteiger partial charge in [0, 0.05) is 19.1 Å². The van der Waals surface area contributed by atoms with Crippen LogP contribution in [0.1, 0.15) is 19.8 Å². The van der Waals surface area contributed by atoms with E-state index in [2.05, 4.69) is 18.9 Å². The summed E-state index contributed by atoms with van der Waals surface area (Å²) in [6.45, 7) is 4.42. The van der Waals surface area contributed by atoms with Crippen molar-refractivity contribution in [3.8, 4) is 0 Å². The Labute approximate surface area is 85.5 Å². The number of nitrogens with zero attached hydrogens (tertiary/aromatic N) is 2. The molecule has 1 fully saturated rings. The van der Waals surface area contributed by atoms with Crippen LogP contribution < -0.4 is 0 Å². The van der Waals surface area contributed by atoms with Crippen molar-refractivity contribution in [3.05, 3.63) is 0 Å². The highest BCUT2D eigenvalue weighted by molar-refractivity contribution is 5.77. The molecular weight excluding hydrogens is 180 g/mol. The molecule has 0 atom stereocenters. The molecule has 4 nitrogen and oxygen atoms in total. The number of hydrogen-bond donors (Lipinski definition) is 1. The van der Waals surface area contributed by atoms with E-state index in [-0.39, 0.29) is 12.5 Å². The second-order valence-corrected chi connectivity index (χ2v) is 3.84. The molecular formula is C10H20N2O2. The highest BCUT2D eigenvalue weighted by atomic mass is 16.3. The van der Waals surface area contributed by atoms with Crippen LogP contribution in [-0.2, 0) is 4.79 Å². The van der Waals surface area contributed by atoms with Gasteiger partial charge in [-0.3, -0.25) is 4.79 Å². The zero-order valence-electron chi connectivity index (χ0n) is 9.07. The smallest absolute Gasteiger partial charge is 0.248 e. The SMILES string of the molecule is CCN(C)C1CCN(C(=O)CO)CC1. The van der Waals surface area contributed by atoms with Gasteiger partial charge in [0.15, 0.2) is 0 Å². The summed E-state index contributed by atoms with van der Waals surface area (Å²) in [4.78, 5) is 15.2. The first-order valence-electron chi connectivity index (χ1n) is 5.28. The van der Waals surface area contributed by atoms with Crippen LogP contribution in [0.5, 0.6) is 0 Å². The monoisotopic (exact) mass is 200 g/mol. The number of piperidine rings is 1. The molecule has 1 aliphatic heterocycles. The molecule has 1 rings (SSSR count). The zero-order valence-corrected chi connectivity index (χ0v) is 9.07. The maximum absolute atomic E-state index is 11.2. The molecule has 0 aliphatic carbocycles. The molecule has 1 N–H and O–H groups in total. The Kier molecular flexibility index (Phi) is 4.35. The average Bonchev–Trinajstić information content (AvgIpc) is 2.27. The molecule has 14 heavy (non-hydrogen) atoms. The Morgan fingerprint density at radius 2 is 2.07 bits per heavy atom. The lowest BCUT2D eigenvalue weighted by molar-refractivity contribution is -0.135. The minimum absolute atomic E-state index is 0.136. The van der Waals surface area contributed by atoms with Gasteiger partial charge in [-0.15, -0.1) is 0 Å². The molecule has 0 bridgehead atoms. The fourth-order valence-electron chi connectivity index (χ4n) is 1.91. The lowest BCUT2D eigenvalue weighted by atomic mass is 10.0. The van der Waals surface area contributed by atoms with Gasteiger partial charge in [0.1, 0.15) is 6.61 Å². The van der Waals surface area contributed by atoms with E-state index in [0.29, 0.717) is 6.04 Å². The van der Waals surface area contributed by atoms with Crippen LogP contribution in [0, 0.1) is 0 Å². The number of carbonyl (C=O) groups excluding carboxylic acids is 1. The zero-order chi connectivity index (χ0) is 10.6. The number of amides is 1. The summed E-state index contributed by atoms with van der Waals surface area (Å²) in [5.74, 6) is -0.136. The molecule has 0 aromatic heterocycles. The van der Waals surface area contributed by atoms with Crippen molar-refractivity contribution >= 4 is 5.91 Å². The first-order chi connectivity index (χ1) is 6.69. The maximum atomic E-state index is 11.2. The van der Waals surface area contributed by atoms with Crippen LogP contribution in [0.25, 0.3) is 0 Å². The average molecular weight is 200 g/mol. The van der Waals surface area contributed by atoms with Gasteiger partial charge in [-0.1, -0.05) is 6.92 Å². The fraction of sp³-hybridized carbons (Fsp3) is 0.900. The topological polar surface area (TPSA) is 43.8 Å². The van der Waals surface area contributed by atoms with E-state index in [4.69, 9.17) is 5.11 Å². The molecule has 1 saturated heterocycles. The lowest BCUT2D eigenvalue weighted by Crippen LogP contribution is -2.46. The van der Waals surface area contributed by atoms with E-state index < -0.39 is 0 Å². The van der Waals surface area contributed by atoms with Crippen molar-refractivity contribution < 1.29 is 9.90 Å². The Morgan fingerprint density at radius 1 is 1.50 bits per heavy atom. The summed E-state index contributed by atoms with van der Waals surface area (Å²) in [5.41, 5.74) is 0. The summed E-state index contributed by atoms with van der Waals surface area (Å²) in [5, 5.41) is 8.71. The number of hydrogen-bond acceptors (Lipinski definition) is 3. The Balaban J connectivity index is 2.34. The van der Waals surface area contributed by atoms with Crippen molar-refractivity contribution in [1.29, 1.82) is 0 Å². The molecule has 82 valence electrons. The third-order valence-corrected chi connectivity index (χ3v) is 3.07. The summed E-state index contributed by atoms with van der Waals surface area (Å²) >= 11 is 0. The molecule has 0 unspecified atom stereocenters. The van der Waals surface area contributed by atoms with E-state index in [1.165, 1.54) is 0 Å². The minimum Gasteiger partial charge on any atom is -0.387 e. The second kappa shape index (κ2) is 5.32. The van der Waals surface area contributed by atoms with Gasteiger partial charge in [-0.05, 0) is 26.4 Å². The van der Waals surface area contributed by atoms with Crippen molar-refractivity contribution in [2.75, 3.05) is 33.3 Å². The molecule has 1 amide bonds. The van der Waals surface area contributed by atoms with E-state index in [0.717, 1.165) is 32.5 Å². The largest absolute Gasteiger partial charge is 0.387 e. The van der Waals surface area contributed by atoms with Crippen molar-refractivity contribution in [2.45, 2.75) is 25.8 Å². The maximum Gasteiger partial charge on any atom is 0.248 e. The van der Waals surface area contributed by atoms with Gasteiger partial charge in [-0.2, -0.15) is 0 Å². The fourth-order valence-corrected chi connectivity index (χ4v) is 1.91. The molecule has 0 spiro atoms. The molecule has 0 saturated carbocycles. The van der Waals surface area contributed by atoms with Crippen LogP contribution in [0.2, 0.25) is 0 Å². The van der Waals surface area contributed by atoms with Gasteiger partial charge in [0.05, 0.1) is 0 Å². The van der Waals surface area contributed by atoms with Gasteiger partial charge < -0.3 is 14.9 Å². The van der Waals surface area contributed by atoms with E-state index in [1.54, 1.807) is 4.90 Å². The normalized spacial score (nSPS) is 19.0. The van der Waals surface area contributed by atoms with Gasteiger partial charge in [0.25, 0.3) is 0 Å². The number of rotatable bonds is 3. The summed E-state index contributed by atoms with van der Waals surface area (Å²) < 4.78 is 0. The number of likely N-dealkylation sites (tertiary alicyclic amines) is 1. The summed E-state index contributed by atoms with van der Waals surface area (Å²) in [6, 6.07) is 0.600. The van der Waals surface area contributed by atoms with Gasteiger partial charge >= 0.3 is 0 Å². The van der Waals surface area contributed by atoms with Crippen LogP contribution >= 0.6 is 0 Å². The molecule has 1 heterocycles. The van der Waals surface area contributed by atoms with E-state index in [1.807, 2.05) is 0 Å². The van der Waals surface area contributed by atoms with Crippen LogP contribution in [0.15, 0.2) is 0 Å². The third kappa shape index (κ3) is 2.69. The van der Waals surface area contributed by atoms with E-state index in [9.17, 15) is 4.79 Å². The van der Waals surface area contributed by atoms with Crippen LogP contribution in [0.4, 0.5) is 0 Å². The van der Waals surface area contributed by atoms with Crippen LogP contribution in [0.3, 0.4) is 0 Å². The lowest BCUT2D eigenvalue weighted by Gasteiger charge is -2.36. The van der Waals surface area contributed by atoms with Crippen molar-refractivity contribution in [2.24, 2.45) is 0 Å². The van der Waals surface area contributed by atoms with Crippen molar-refractivity contribution in [1.82, 2.24) is 9.80 Å². The van der Waals surface area contributed by atoms with Gasteiger partial charge in [-0.25, -0.2) is 0 Å². The first-order valence-corrected chi connectivity index (χ1v) is 5.28. The van der Waals surface area contributed by atoms with Crippen LogP contribution in [-0.4, -0.2) is 60.1 Å². The molecule has 0 aromatic rings. The standard InChI is InChI=1S/C10H20N2O2/c1-3-11(2)9-4-6-12(7-5-9)10(14)8-13/h9,13H,3-8H2,1-2H3. The number of aliphatic hydroxyl groups excluding tert-OH is 1. The third-order valence-electron chi connectivity index (χ3n) is 3.07. The predicted molar refractivity (Wildman–Crippen MR) is 55.0 cm³/mol. The predicted octanol–water partition coefficient (Wildman–Crippen LogP) is -0.0786. The highest BCUT2D eigenvalue weighted by Crippen LogP contribution is 2.14. The second-order valence-electron chi connectivity index (χ2n) is 3.84. The van der Waals surface area contributed by atoms with E-state index >= 15 is 0 Å².